The molecule has 4 heteroatoms. The van der Waals surface area contributed by atoms with E-state index in [2.05, 4.69) is 41.6 Å². The summed E-state index contributed by atoms with van der Waals surface area (Å²) >= 11 is 0. The van der Waals surface area contributed by atoms with Gasteiger partial charge in [-0.2, -0.15) is 0 Å². The predicted molar refractivity (Wildman–Crippen MR) is 102 cm³/mol. The molecule has 0 aliphatic rings. The zero-order chi connectivity index (χ0) is 17.6. The van der Waals surface area contributed by atoms with Gasteiger partial charge in [0.25, 0.3) is 0 Å². The SMILES string of the molecule is Cc1ccccc1OC[C@H](O)CN[C@@H](C)Cc1c[nH]c2ccccc12. The predicted octanol–water partition coefficient (Wildman–Crippen LogP) is 3.44. The van der Waals surface area contributed by atoms with E-state index >= 15 is 0 Å². The van der Waals surface area contributed by atoms with E-state index in [9.17, 15) is 5.11 Å². The van der Waals surface area contributed by atoms with E-state index in [-0.39, 0.29) is 12.6 Å². The molecule has 25 heavy (non-hydrogen) atoms. The summed E-state index contributed by atoms with van der Waals surface area (Å²) in [7, 11) is 0. The van der Waals surface area contributed by atoms with E-state index in [4.69, 9.17) is 4.74 Å². The lowest BCUT2D eigenvalue weighted by atomic mass is 10.1. The summed E-state index contributed by atoms with van der Waals surface area (Å²) in [6, 6.07) is 16.4. The fourth-order valence-electron chi connectivity index (χ4n) is 3.00. The zero-order valence-electron chi connectivity index (χ0n) is 14.8. The van der Waals surface area contributed by atoms with Crippen LogP contribution in [0.25, 0.3) is 10.9 Å². The van der Waals surface area contributed by atoms with Gasteiger partial charge in [0, 0.05) is 29.7 Å². The standard InChI is InChI=1S/C21H26N2O2/c1-15-7-3-6-10-21(15)25-14-18(24)13-22-16(2)11-17-12-23-20-9-5-4-8-19(17)20/h3-10,12,16,18,22-24H,11,13-14H2,1-2H3/t16-,18+/m0/s1. The first-order chi connectivity index (χ1) is 12.1. The lowest BCUT2D eigenvalue weighted by molar-refractivity contribution is 0.104. The molecule has 4 nitrogen and oxygen atoms in total. The summed E-state index contributed by atoms with van der Waals surface area (Å²) in [6.45, 7) is 4.94. The number of nitrogens with one attached hydrogen (secondary N) is 2. The van der Waals surface area contributed by atoms with Gasteiger partial charge in [-0.15, -0.1) is 0 Å². The lowest BCUT2D eigenvalue weighted by Crippen LogP contribution is -2.37. The Bertz CT molecular complexity index is 812. The molecule has 3 rings (SSSR count). The highest BCUT2D eigenvalue weighted by Crippen LogP contribution is 2.19. The molecule has 0 aliphatic heterocycles. The highest BCUT2D eigenvalue weighted by atomic mass is 16.5. The first-order valence-electron chi connectivity index (χ1n) is 8.78. The number of H-pyrrole nitrogens is 1. The number of hydrogen-bond acceptors (Lipinski definition) is 3. The van der Waals surface area contributed by atoms with E-state index in [1.165, 1.54) is 10.9 Å². The molecular formula is C21H26N2O2. The molecular weight excluding hydrogens is 312 g/mol. The summed E-state index contributed by atoms with van der Waals surface area (Å²) in [5, 5.41) is 14.8. The summed E-state index contributed by atoms with van der Waals surface area (Å²) in [5.41, 5.74) is 3.54. The van der Waals surface area contributed by atoms with Crippen molar-refractivity contribution in [2.75, 3.05) is 13.2 Å². The molecule has 0 amide bonds. The number of rotatable bonds is 8. The lowest BCUT2D eigenvalue weighted by Gasteiger charge is -2.18. The third-order valence-corrected chi connectivity index (χ3v) is 4.43. The third-order valence-electron chi connectivity index (χ3n) is 4.43. The number of aromatic nitrogens is 1. The van der Waals surface area contributed by atoms with Crippen LogP contribution in [0.15, 0.2) is 54.7 Å². The summed E-state index contributed by atoms with van der Waals surface area (Å²) in [4.78, 5) is 3.30. The quantitative estimate of drug-likeness (QED) is 0.590. The van der Waals surface area contributed by atoms with Crippen LogP contribution in [0.3, 0.4) is 0 Å². The Morgan fingerprint density at radius 3 is 2.72 bits per heavy atom. The van der Waals surface area contributed by atoms with Gasteiger partial charge in [-0.3, -0.25) is 0 Å². The van der Waals surface area contributed by atoms with Crippen molar-refractivity contribution in [3.63, 3.8) is 0 Å². The number of aromatic amines is 1. The van der Waals surface area contributed by atoms with Gasteiger partial charge in [0.2, 0.25) is 0 Å². The van der Waals surface area contributed by atoms with Gasteiger partial charge in [-0.05, 0) is 43.5 Å². The van der Waals surface area contributed by atoms with Crippen LogP contribution >= 0.6 is 0 Å². The molecule has 0 saturated carbocycles. The van der Waals surface area contributed by atoms with Crippen LogP contribution in [0.5, 0.6) is 5.75 Å². The van der Waals surface area contributed by atoms with Crippen LogP contribution in [-0.2, 0) is 6.42 Å². The second kappa shape index (κ2) is 8.19. The number of ether oxygens (including phenoxy) is 1. The second-order valence-corrected chi connectivity index (χ2v) is 6.60. The highest BCUT2D eigenvalue weighted by molar-refractivity contribution is 5.83. The van der Waals surface area contributed by atoms with E-state index < -0.39 is 6.10 Å². The third kappa shape index (κ3) is 4.62. The van der Waals surface area contributed by atoms with E-state index in [1.807, 2.05) is 37.3 Å². The second-order valence-electron chi connectivity index (χ2n) is 6.60. The first-order valence-corrected chi connectivity index (χ1v) is 8.78. The molecule has 1 aromatic heterocycles. The van der Waals surface area contributed by atoms with Gasteiger partial charge in [-0.25, -0.2) is 0 Å². The van der Waals surface area contributed by atoms with Crippen LogP contribution < -0.4 is 10.1 Å². The summed E-state index contributed by atoms with van der Waals surface area (Å²) in [5.74, 6) is 0.827. The minimum atomic E-state index is -0.537. The van der Waals surface area contributed by atoms with Crippen LogP contribution in [0.1, 0.15) is 18.1 Å². The van der Waals surface area contributed by atoms with Crippen LogP contribution in [-0.4, -0.2) is 35.4 Å². The number of fused-ring (bicyclic) bond motifs is 1. The van der Waals surface area contributed by atoms with Crippen molar-refractivity contribution in [3.05, 3.63) is 65.9 Å². The molecule has 132 valence electrons. The fourth-order valence-corrected chi connectivity index (χ4v) is 3.00. The van der Waals surface area contributed by atoms with Gasteiger partial charge < -0.3 is 20.1 Å². The van der Waals surface area contributed by atoms with Gasteiger partial charge in [-0.1, -0.05) is 36.4 Å². The highest BCUT2D eigenvalue weighted by Gasteiger charge is 2.11. The van der Waals surface area contributed by atoms with Gasteiger partial charge >= 0.3 is 0 Å². The van der Waals surface area contributed by atoms with Crippen molar-refractivity contribution >= 4 is 10.9 Å². The molecule has 0 unspecified atom stereocenters. The minimum absolute atomic E-state index is 0.271. The number of aryl methyl sites for hydroxylation is 1. The summed E-state index contributed by atoms with van der Waals surface area (Å²) in [6.07, 6.45) is 2.45. The molecule has 0 spiro atoms. The Hall–Kier alpha value is -2.30. The van der Waals surface area contributed by atoms with E-state index in [1.54, 1.807) is 0 Å². The molecule has 3 aromatic rings. The Kier molecular flexibility index (Phi) is 5.74. The Morgan fingerprint density at radius 2 is 1.88 bits per heavy atom. The number of para-hydroxylation sites is 2. The first kappa shape index (κ1) is 17.5. The molecule has 1 heterocycles. The van der Waals surface area contributed by atoms with Gasteiger partial charge in [0.15, 0.2) is 0 Å². The Morgan fingerprint density at radius 1 is 1.12 bits per heavy atom. The minimum Gasteiger partial charge on any atom is -0.491 e. The van der Waals surface area contributed by atoms with E-state index in [0.29, 0.717) is 6.54 Å². The molecule has 0 saturated heterocycles. The maximum atomic E-state index is 10.2. The van der Waals surface area contributed by atoms with Gasteiger partial charge in [0.05, 0.1) is 0 Å². The molecule has 0 fully saturated rings. The van der Waals surface area contributed by atoms with Gasteiger partial charge in [0.1, 0.15) is 18.5 Å². The van der Waals surface area contributed by atoms with Crippen molar-refractivity contribution in [2.24, 2.45) is 0 Å². The van der Waals surface area contributed by atoms with Crippen LogP contribution in [0.4, 0.5) is 0 Å². The maximum absolute atomic E-state index is 10.2. The molecule has 3 N–H and O–H groups in total. The van der Waals surface area contributed by atoms with Crippen LogP contribution in [0.2, 0.25) is 0 Å². The Balaban J connectivity index is 1.45. The fraction of sp³-hybridized carbons (Fsp3) is 0.333. The molecule has 0 bridgehead atoms. The van der Waals surface area contributed by atoms with Crippen molar-refractivity contribution in [1.29, 1.82) is 0 Å². The maximum Gasteiger partial charge on any atom is 0.122 e. The molecule has 0 aliphatic carbocycles. The summed E-state index contributed by atoms with van der Waals surface area (Å²) < 4.78 is 5.70. The zero-order valence-corrected chi connectivity index (χ0v) is 14.8. The average Bonchev–Trinajstić information content (AvgIpc) is 3.02. The van der Waals surface area contributed by atoms with Crippen molar-refractivity contribution in [1.82, 2.24) is 10.3 Å². The normalized spacial score (nSPS) is 13.7. The molecule has 2 aromatic carbocycles. The number of aliphatic hydroxyl groups excluding tert-OH is 1. The molecule has 0 radical (unpaired) electrons. The van der Waals surface area contributed by atoms with E-state index in [0.717, 1.165) is 23.3 Å². The number of hydrogen-bond donors (Lipinski definition) is 3. The molecule has 2 atom stereocenters. The topological polar surface area (TPSA) is 57.3 Å². The Labute approximate surface area is 148 Å². The monoisotopic (exact) mass is 338 g/mol. The number of aliphatic hydroxyl groups is 1. The van der Waals surface area contributed by atoms with Crippen molar-refractivity contribution in [3.8, 4) is 5.75 Å². The van der Waals surface area contributed by atoms with Crippen molar-refractivity contribution < 1.29 is 9.84 Å². The number of benzene rings is 2. The smallest absolute Gasteiger partial charge is 0.122 e. The average molecular weight is 338 g/mol. The largest absolute Gasteiger partial charge is 0.491 e. The van der Waals surface area contributed by atoms with Crippen LogP contribution in [0, 0.1) is 6.92 Å². The van der Waals surface area contributed by atoms with Crippen molar-refractivity contribution in [2.45, 2.75) is 32.4 Å².